The molecule has 0 radical (unpaired) electrons. The lowest BCUT2D eigenvalue weighted by molar-refractivity contribution is 0.0591. The molecule has 0 saturated carbocycles. The summed E-state index contributed by atoms with van der Waals surface area (Å²) in [6.07, 6.45) is 0. The van der Waals surface area contributed by atoms with Crippen molar-refractivity contribution in [3.63, 3.8) is 0 Å². The first-order valence-electron chi connectivity index (χ1n) is 6.65. The molecular weight excluding hydrogens is 433 g/mol. The number of rotatable bonds is 2. The van der Waals surface area contributed by atoms with Gasteiger partial charge in [-0.25, -0.2) is 9.59 Å². The number of carbonyl (C=O) groups excluding carboxylic acids is 2. The molecule has 2 aromatic rings. The number of halogens is 3. The van der Waals surface area contributed by atoms with E-state index in [4.69, 9.17) is 28.5 Å². The fraction of sp³-hybridized carbons (Fsp3) is 0.118. The van der Waals surface area contributed by atoms with Gasteiger partial charge in [-0.3, -0.25) is 0 Å². The maximum absolute atomic E-state index is 11.1. The van der Waals surface area contributed by atoms with Crippen LogP contribution in [0.5, 0.6) is 0 Å². The van der Waals surface area contributed by atoms with Crippen LogP contribution in [0.4, 0.5) is 0 Å². The minimum absolute atomic E-state index is 0.192. The molecule has 2 aromatic carbocycles. The van der Waals surface area contributed by atoms with Gasteiger partial charge in [-0.15, -0.1) is 0 Å². The van der Waals surface area contributed by atoms with Gasteiger partial charge in [-0.1, -0.05) is 23.2 Å². The molecule has 0 aromatic heterocycles. The van der Waals surface area contributed by atoms with E-state index in [-0.39, 0.29) is 11.1 Å². The van der Waals surface area contributed by atoms with E-state index in [0.29, 0.717) is 20.1 Å². The summed E-state index contributed by atoms with van der Waals surface area (Å²) in [6, 6.07) is 11.3. The lowest BCUT2D eigenvalue weighted by atomic mass is 10.1. The number of ether oxygens (including phenoxy) is 2. The Kier molecular flexibility index (Phi) is 8.42. The summed E-state index contributed by atoms with van der Waals surface area (Å²) in [5.41, 5.74) is 0.888. The summed E-state index contributed by atoms with van der Waals surface area (Å²) in [5, 5.41) is 9.57. The minimum Gasteiger partial charge on any atom is -0.465 e. The average molecular weight is 445 g/mol. The van der Waals surface area contributed by atoms with Crippen molar-refractivity contribution >= 4 is 51.1 Å². The molecule has 0 N–H and O–H groups in total. The maximum atomic E-state index is 11.1. The van der Waals surface area contributed by atoms with E-state index in [2.05, 4.69) is 25.4 Å². The van der Waals surface area contributed by atoms with Crippen LogP contribution in [-0.4, -0.2) is 26.2 Å². The standard InChI is InChI=1S/C9H6ClNO2.C8H6BrClO2/c1-13-9(12)8-4-7(10)3-2-6(8)5-11;1-12-8(11)6-4-5(10)2-3-7(6)9/h2-4H,1H3;2-4H,1H3. The zero-order valence-electron chi connectivity index (χ0n) is 13.2. The smallest absolute Gasteiger partial charge is 0.339 e. The third-order valence-corrected chi connectivity index (χ3v) is 4.00. The molecule has 0 bridgehead atoms. The van der Waals surface area contributed by atoms with Gasteiger partial charge in [-0.05, 0) is 52.3 Å². The number of methoxy groups -OCH3 is 2. The SMILES string of the molecule is COC(=O)c1cc(Cl)ccc1Br.COC(=O)c1cc(Cl)ccc1C#N. The van der Waals surface area contributed by atoms with Crippen molar-refractivity contribution in [1.82, 2.24) is 0 Å². The van der Waals surface area contributed by atoms with Crippen LogP contribution in [0.3, 0.4) is 0 Å². The first kappa shape index (κ1) is 21.0. The van der Waals surface area contributed by atoms with Gasteiger partial charge in [0.2, 0.25) is 0 Å². The Morgan fingerprint density at radius 1 is 0.960 bits per heavy atom. The monoisotopic (exact) mass is 443 g/mol. The van der Waals surface area contributed by atoms with Crippen molar-refractivity contribution in [1.29, 1.82) is 5.26 Å². The maximum Gasteiger partial charge on any atom is 0.339 e. The first-order valence-corrected chi connectivity index (χ1v) is 8.20. The van der Waals surface area contributed by atoms with E-state index < -0.39 is 11.9 Å². The van der Waals surface area contributed by atoms with E-state index in [1.54, 1.807) is 24.3 Å². The van der Waals surface area contributed by atoms with Gasteiger partial charge < -0.3 is 9.47 Å². The zero-order valence-corrected chi connectivity index (χ0v) is 16.3. The Morgan fingerprint density at radius 3 is 1.96 bits per heavy atom. The van der Waals surface area contributed by atoms with E-state index in [9.17, 15) is 9.59 Å². The fourth-order valence-corrected chi connectivity index (χ4v) is 2.41. The van der Waals surface area contributed by atoms with Crippen molar-refractivity contribution in [3.8, 4) is 6.07 Å². The highest BCUT2D eigenvalue weighted by atomic mass is 79.9. The van der Waals surface area contributed by atoms with Gasteiger partial charge in [0.25, 0.3) is 0 Å². The van der Waals surface area contributed by atoms with Gasteiger partial charge in [0.1, 0.15) is 6.07 Å². The summed E-state index contributed by atoms with van der Waals surface area (Å²) < 4.78 is 9.71. The third kappa shape index (κ3) is 6.05. The molecule has 2 rings (SSSR count). The third-order valence-electron chi connectivity index (χ3n) is 2.84. The number of nitrogens with zero attached hydrogens (tertiary/aromatic N) is 1. The highest BCUT2D eigenvalue weighted by Gasteiger charge is 2.11. The van der Waals surface area contributed by atoms with Crippen LogP contribution in [0, 0.1) is 11.3 Å². The largest absolute Gasteiger partial charge is 0.465 e. The normalized spacial score (nSPS) is 9.28. The second kappa shape index (κ2) is 10.0. The molecule has 0 amide bonds. The van der Waals surface area contributed by atoms with Crippen LogP contribution in [0.2, 0.25) is 10.0 Å². The molecule has 0 saturated heterocycles. The number of hydrogen-bond donors (Lipinski definition) is 0. The second-order valence-corrected chi connectivity index (χ2v) is 6.14. The fourth-order valence-electron chi connectivity index (χ4n) is 1.66. The van der Waals surface area contributed by atoms with Crippen molar-refractivity contribution in [2.75, 3.05) is 14.2 Å². The zero-order chi connectivity index (χ0) is 19.0. The van der Waals surface area contributed by atoms with Crippen LogP contribution in [0.1, 0.15) is 26.3 Å². The number of esters is 2. The number of benzene rings is 2. The molecule has 25 heavy (non-hydrogen) atoms. The van der Waals surface area contributed by atoms with Crippen molar-refractivity contribution in [2.24, 2.45) is 0 Å². The number of carbonyl (C=O) groups is 2. The number of hydrogen-bond acceptors (Lipinski definition) is 5. The molecule has 0 aliphatic carbocycles. The van der Waals surface area contributed by atoms with Crippen molar-refractivity contribution in [2.45, 2.75) is 0 Å². The molecule has 0 fully saturated rings. The van der Waals surface area contributed by atoms with Crippen LogP contribution in [-0.2, 0) is 9.47 Å². The predicted octanol–water partition coefficient (Wildman–Crippen LogP) is 4.89. The van der Waals surface area contributed by atoms with E-state index in [1.165, 1.54) is 26.4 Å². The Morgan fingerprint density at radius 2 is 1.44 bits per heavy atom. The quantitative estimate of drug-likeness (QED) is 0.616. The summed E-state index contributed by atoms with van der Waals surface area (Å²) in [6.45, 7) is 0. The molecule has 5 nitrogen and oxygen atoms in total. The van der Waals surface area contributed by atoms with Gasteiger partial charge in [0.05, 0.1) is 30.9 Å². The summed E-state index contributed by atoms with van der Waals surface area (Å²) >= 11 is 14.6. The summed E-state index contributed by atoms with van der Waals surface area (Å²) in [7, 11) is 2.58. The average Bonchev–Trinajstić information content (AvgIpc) is 2.62. The predicted molar refractivity (Wildman–Crippen MR) is 98.0 cm³/mol. The topological polar surface area (TPSA) is 76.4 Å². The van der Waals surface area contributed by atoms with E-state index >= 15 is 0 Å². The molecule has 0 heterocycles. The highest BCUT2D eigenvalue weighted by molar-refractivity contribution is 9.10. The minimum atomic E-state index is -0.556. The van der Waals surface area contributed by atoms with Gasteiger partial charge >= 0.3 is 11.9 Å². The molecule has 130 valence electrons. The number of nitriles is 1. The van der Waals surface area contributed by atoms with E-state index in [0.717, 1.165) is 0 Å². The van der Waals surface area contributed by atoms with Gasteiger partial charge in [0.15, 0.2) is 0 Å². The lowest BCUT2D eigenvalue weighted by Crippen LogP contribution is -2.03. The molecule has 0 spiro atoms. The summed E-state index contributed by atoms with van der Waals surface area (Å²) in [4.78, 5) is 22.2. The first-order chi connectivity index (χ1) is 11.8. The summed E-state index contributed by atoms with van der Waals surface area (Å²) in [5.74, 6) is -0.955. The van der Waals surface area contributed by atoms with Gasteiger partial charge in [-0.2, -0.15) is 5.26 Å². The molecule has 0 aliphatic rings. The van der Waals surface area contributed by atoms with Crippen molar-refractivity contribution < 1.29 is 19.1 Å². The molecule has 8 heteroatoms. The Hall–Kier alpha value is -2.07. The Bertz CT molecular complexity index is 834. The van der Waals surface area contributed by atoms with Gasteiger partial charge in [0, 0.05) is 14.5 Å². The van der Waals surface area contributed by atoms with Crippen LogP contribution < -0.4 is 0 Å². The second-order valence-electron chi connectivity index (χ2n) is 4.41. The Labute approximate surface area is 163 Å². The highest BCUT2D eigenvalue weighted by Crippen LogP contribution is 2.21. The van der Waals surface area contributed by atoms with Crippen LogP contribution in [0.25, 0.3) is 0 Å². The molecule has 0 atom stereocenters. The Balaban J connectivity index is 0.000000251. The van der Waals surface area contributed by atoms with Crippen LogP contribution >= 0.6 is 39.1 Å². The molecule has 0 aliphatic heterocycles. The van der Waals surface area contributed by atoms with Crippen molar-refractivity contribution in [3.05, 3.63) is 67.6 Å². The lowest BCUT2D eigenvalue weighted by Gasteiger charge is -2.01. The van der Waals surface area contributed by atoms with E-state index in [1.807, 2.05) is 6.07 Å². The van der Waals surface area contributed by atoms with Crippen LogP contribution in [0.15, 0.2) is 40.9 Å². The molecular formula is C17H12BrCl2NO4. The molecule has 0 unspecified atom stereocenters.